The summed E-state index contributed by atoms with van der Waals surface area (Å²) in [5.41, 5.74) is 0.985. The van der Waals surface area contributed by atoms with Crippen LogP contribution in [0.3, 0.4) is 0 Å². The van der Waals surface area contributed by atoms with Crippen LogP contribution in [0.5, 0.6) is 0 Å². The Hall–Kier alpha value is -2.12. The molecule has 1 aromatic rings. The number of nitrogens with zero attached hydrogens (tertiary/aromatic N) is 2. The van der Waals surface area contributed by atoms with Crippen molar-refractivity contribution in [2.45, 2.75) is 45.3 Å². The van der Waals surface area contributed by atoms with E-state index in [1.165, 1.54) is 11.8 Å². The van der Waals surface area contributed by atoms with Gasteiger partial charge in [0.25, 0.3) is 5.91 Å². The van der Waals surface area contributed by atoms with Gasteiger partial charge >= 0.3 is 5.97 Å². The lowest BCUT2D eigenvalue weighted by atomic mass is 9.55. The molecule has 7 heteroatoms. The van der Waals surface area contributed by atoms with Crippen LogP contribution in [0.2, 0.25) is 0 Å². The maximum atomic E-state index is 12.8. The van der Waals surface area contributed by atoms with Crippen LogP contribution >= 0.6 is 0 Å². The first kappa shape index (κ1) is 20.8. The predicted molar refractivity (Wildman–Crippen MR) is 113 cm³/mol. The maximum absolute atomic E-state index is 12.8. The molecular weight excluding hydrogens is 396 g/mol. The van der Waals surface area contributed by atoms with Gasteiger partial charge in [-0.15, -0.1) is 0 Å². The number of carbonyl (C=O) groups excluding carboxylic acids is 2. The van der Waals surface area contributed by atoms with Crippen molar-refractivity contribution in [3.8, 4) is 0 Å². The molecule has 2 aliphatic carbocycles. The van der Waals surface area contributed by atoms with E-state index in [0.29, 0.717) is 44.4 Å². The highest BCUT2D eigenvalue weighted by molar-refractivity contribution is 5.91. The summed E-state index contributed by atoms with van der Waals surface area (Å²) in [5.74, 6) is -0.0154. The lowest BCUT2D eigenvalue weighted by Crippen LogP contribution is -2.55. The first-order valence-corrected chi connectivity index (χ1v) is 11.5. The van der Waals surface area contributed by atoms with E-state index in [4.69, 9.17) is 9.15 Å². The van der Waals surface area contributed by atoms with Crippen molar-refractivity contribution in [3.05, 3.63) is 35.8 Å². The minimum atomic E-state index is -0.578. The Labute approximate surface area is 183 Å². The van der Waals surface area contributed by atoms with Crippen LogP contribution in [0, 0.1) is 23.2 Å². The molecule has 168 valence electrons. The zero-order chi connectivity index (χ0) is 21.8. The van der Waals surface area contributed by atoms with E-state index in [1.54, 1.807) is 17.0 Å². The number of carbonyl (C=O) groups is 2. The summed E-state index contributed by atoms with van der Waals surface area (Å²) < 4.78 is 11.0. The molecular formula is C24H32N2O5. The van der Waals surface area contributed by atoms with Crippen LogP contribution in [0.4, 0.5) is 0 Å². The summed E-state index contributed by atoms with van der Waals surface area (Å²) in [5, 5.41) is 11.5. The highest BCUT2D eigenvalue weighted by Gasteiger charge is 2.59. The molecule has 1 aromatic heterocycles. The molecule has 0 unspecified atom stereocenters. The highest BCUT2D eigenvalue weighted by Crippen LogP contribution is 2.56. The van der Waals surface area contributed by atoms with Gasteiger partial charge in [0, 0.05) is 50.5 Å². The average molecular weight is 429 g/mol. The molecule has 31 heavy (non-hydrogen) atoms. The lowest BCUT2D eigenvalue weighted by molar-refractivity contribution is -0.145. The quantitative estimate of drug-likeness (QED) is 0.588. The Morgan fingerprint density at radius 1 is 1.29 bits per heavy atom. The Kier molecular flexibility index (Phi) is 5.21. The summed E-state index contributed by atoms with van der Waals surface area (Å²) in [4.78, 5) is 29.3. The predicted octanol–water partition coefficient (Wildman–Crippen LogP) is 2.32. The Morgan fingerprint density at radius 2 is 2.06 bits per heavy atom. The molecule has 7 nitrogen and oxygen atoms in total. The van der Waals surface area contributed by atoms with Gasteiger partial charge in [0.15, 0.2) is 5.76 Å². The van der Waals surface area contributed by atoms with Crippen molar-refractivity contribution in [1.29, 1.82) is 0 Å². The number of fused-ring (bicyclic) bond motifs is 2. The third-order valence-corrected chi connectivity index (χ3v) is 8.42. The SMILES string of the molecule is C[C@H]1CCC=C2C[C@H]3OC(=O)[C@H](CN4CCN(C(=O)c5ccco5)CC4)[C@@H]3[C@H](O)[C@@]21C. The fourth-order valence-corrected chi connectivity index (χ4v) is 6.24. The van der Waals surface area contributed by atoms with Crippen LogP contribution in [0.25, 0.3) is 0 Å². The van der Waals surface area contributed by atoms with Crippen molar-refractivity contribution in [3.63, 3.8) is 0 Å². The number of hydrogen-bond donors (Lipinski definition) is 1. The molecule has 2 saturated heterocycles. The lowest BCUT2D eigenvalue weighted by Gasteiger charge is -2.52. The molecule has 0 radical (unpaired) electrons. The molecule has 0 spiro atoms. The van der Waals surface area contributed by atoms with Gasteiger partial charge in [0.2, 0.25) is 0 Å². The molecule has 4 aliphatic rings. The van der Waals surface area contributed by atoms with Crippen molar-refractivity contribution >= 4 is 11.9 Å². The smallest absolute Gasteiger partial charge is 0.311 e. The van der Waals surface area contributed by atoms with Crippen LogP contribution in [-0.4, -0.2) is 71.7 Å². The zero-order valence-electron chi connectivity index (χ0n) is 18.3. The molecule has 1 amide bonds. The molecule has 3 heterocycles. The first-order chi connectivity index (χ1) is 14.9. The number of amides is 1. The van der Waals surface area contributed by atoms with Gasteiger partial charge in [-0.25, -0.2) is 0 Å². The molecule has 6 atom stereocenters. The number of furan rings is 1. The second kappa shape index (κ2) is 7.78. The normalized spacial score (nSPS) is 38.3. The number of allylic oxidation sites excluding steroid dienone is 1. The molecule has 0 bridgehead atoms. The number of rotatable bonds is 3. The van der Waals surface area contributed by atoms with Crippen LogP contribution < -0.4 is 0 Å². The minimum Gasteiger partial charge on any atom is -0.461 e. The van der Waals surface area contributed by atoms with E-state index in [9.17, 15) is 14.7 Å². The second-order valence-corrected chi connectivity index (χ2v) is 9.87. The van der Waals surface area contributed by atoms with E-state index in [2.05, 4.69) is 24.8 Å². The van der Waals surface area contributed by atoms with E-state index in [0.717, 1.165) is 19.3 Å². The second-order valence-electron chi connectivity index (χ2n) is 9.87. The highest BCUT2D eigenvalue weighted by atomic mass is 16.6. The molecule has 1 saturated carbocycles. The van der Waals surface area contributed by atoms with Gasteiger partial charge in [-0.1, -0.05) is 25.5 Å². The van der Waals surface area contributed by atoms with E-state index >= 15 is 0 Å². The van der Waals surface area contributed by atoms with Crippen LogP contribution in [-0.2, 0) is 9.53 Å². The van der Waals surface area contributed by atoms with Gasteiger partial charge in [-0.3, -0.25) is 14.5 Å². The number of aliphatic hydroxyl groups is 1. The summed E-state index contributed by atoms with van der Waals surface area (Å²) >= 11 is 0. The molecule has 0 aromatic carbocycles. The Balaban J connectivity index is 1.26. The number of esters is 1. The summed E-state index contributed by atoms with van der Waals surface area (Å²) in [6.45, 7) is 7.55. The minimum absolute atomic E-state index is 0.0915. The Morgan fingerprint density at radius 3 is 2.77 bits per heavy atom. The van der Waals surface area contributed by atoms with Crippen LogP contribution in [0.1, 0.15) is 43.7 Å². The fourth-order valence-electron chi connectivity index (χ4n) is 6.24. The van der Waals surface area contributed by atoms with Gasteiger partial charge in [0.1, 0.15) is 6.10 Å². The molecule has 2 aliphatic heterocycles. The first-order valence-electron chi connectivity index (χ1n) is 11.5. The maximum Gasteiger partial charge on any atom is 0.311 e. The third-order valence-electron chi connectivity index (χ3n) is 8.42. The van der Waals surface area contributed by atoms with Crippen LogP contribution in [0.15, 0.2) is 34.5 Å². The van der Waals surface area contributed by atoms with E-state index < -0.39 is 6.10 Å². The summed E-state index contributed by atoms with van der Waals surface area (Å²) in [7, 11) is 0. The Bertz CT molecular complexity index is 873. The topological polar surface area (TPSA) is 83.2 Å². The number of ether oxygens (including phenoxy) is 1. The number of piperazine rings is 1. The van der Waals surface area contributed by atoms with Gasteiger partial charge in [-0.05, 0) is 30.9 Å². The van der Waals surface area contributed by atoms with Crippen molar-refractivity contribution < 1.29 is 23.8 Å². The van der Waals surface area contributed by atoms with Gasteiger partial charge in [0.05, 0.1) is 18.3 Å². The zero-order valence-corrected chi connectivity index (χ0v) is 18.3. The van der Waals surface area contributed by atoms with Crippen molar-refractivity contribution in [1.82, 2.24) is 9.80 Å². The largest absolute Gasteiger partial charge is 0.461 e. The molecule has 5 rings (SSSR count). The fraction of sp³-hybridized carbons (Fsp3) is 0.667. The summed E-state index contributed by atoms with van der Waals surface area (Å²) in [6.07, 6.45) is 5.82. The summed E-state index contributed by atoms with van der Waals surface area (Å²) in [6, 6.07) is 3.40. The van der Waals surface area contributed by atoms with Gasteiger partial charge < -0.3 is 19.2 Å². The number of hydrogen-bond acceptors (Lipinski definition) is 6. The van der Waals surface area contributed by atoms with E-state index in [-0.39, 0.29) is 35.2 Å². The van der Waals surface area contributed by atoms with Gasteiger partial charge in [-0.2, -0.15) is 0 Å². The third kappa shape index (κ3) is 3.33. The van der Waals surface area contributed by atoms with Crippen molar-refractivity contribution in [2.24, 2.45) is 23.2 Å². The van der Waals surface area contributed by atoms with E-state index in [1.807, 2.05) is 0 Å². The number of aliphatic hydroxyl groups excluding tert-OH is 1. The molecule has 3 fully saturated rings. The van der Waals surface area contributed by atoms with Crippen molar-refractivity contribution in [2.75, 3.05) is 32.7 Å². The average Bonchev–Trinajstić information content (AvgIpc) is 3.39. The standard InChI is InChI=1S/C24H32N2O5/c1-15-5-3-6-16-13-19-20(21(27)24(15,16)2)17(23(29)31-19)14-25-8-10-26(11-9-25)22(28)18-7-4-12-30-18/h4,6-7,12,15,17,19-21,27H,3,5,8-11,13-14H2,1-2H3/t15-,17+,19+,20-,21-,24+/m0/s1. The monoisotopic (exact) mass is 428 g/mol. The molecule has 1 N–H and O–H groups in total.